The molecule has 1 aliphatic rings. The van der Waals surface area contributed by atoms with E-state index in [2.05, 4.69) is 24.1 Å². The summed E-state index contributed by atoms with van der Waals surface area (Å²) in [7, 11) is 0. The van der Waals surface area contributed by atoms with Crippen LogP contribution in [0, 0.1) is 0 Å². The third-order valence-corrected chi connectivity index (χ3v) is 5.11. The second-order valence-corrected chi connectivity index (χ2v) is 7.00. The summed E-state index contributed by atoms with van der Waals surface area (Å²) in [4.78, 5) is 18.6. The van der Waals surface area contributed by atoms with E-state index in [4.69, 9.17) is 9.72 Å². The van der Waals surface area contributed by atoms with Gasteiger partial charge in [0.2, 0.25) is 0 Å². The first-order chi connectivity index (χ1) is 12.7. The van der Waals surface area contributed by atoms with Crippen LogP contribution in [-0.4, -0.2) is 24.0 Å². The molecule has 0 bridgehead atoms. The number of thiazole rings is 1. The number of rotatable bonds is 5. The summed E-state index contributed by atoms with van der Waals surface area (Å²) in [5.74, 6) is 0.660. The van der Waals surface area contributed by atoms with E-state index in [1.165, 1.54) is 5.56 Å². The van der Waals surface area contributed by atoms with Gasteiger partial charge in [0, 0.05) is 23.9 Å². The van der Waals surface area contributed by atoms with Gasteiger partial charge in [-0.1, -0.05) is 36.4 Å². The number of carbonyl (C=O) groups excluding carboxylic acids is 1. The zero-order valence-corrected chi connectivity index (χ0v) is 15.0. The van der Waals surface area contributed by atoms with Crippen molar-refractivity contribution in [1.82, 2.24) is 4.98 Å². The molecule has 4 rings (SSSR count). The fraction of sp³-hybridized carbons (Fsp3) is 0.143. The van der Waals surface area contributed by atoms with Crippen molar-refractivity contribution in [3.8, 4) is 17.0 Å². The summed E-state index contributed by atoms with van der Waals surface area (Å²) in [5, 5.41) is 3.13. The number of nitrogens with zero attached hydrogens (tertiary/aromatic N) is 2. The fourth-order valence-corrected chi connectivity index (χ4v) is 3.82. The van der Waals surface area contributed by atoms with E-state index in [-0.39, 0.29) is 12.5 Å². The predicted octanol–water partition coefficient (Wildman–Crippen LogP) is 4.31. The van der Waals surface area contributed by atoms with Gasteiger partial charge in [0.15, 0.2) is 6.61 Å². The molecule has 0 atom stereocenters. The minimum absolute atomic E-state index is 0.0578. The van der Waals surface area contributed by atoms with Crippen molar-refractivity contribution < 1.29 is 9.53 Å². The van der Waals surface area contributed by atoms with Crippen LogP contribution >= 0.6 is 11.3 Å². The van der Waals surface area contributed by atoms with Crippen molar-refractivity contribution in [1.29, 1.82) is 0 Å². The number of benzene rings is 2. The van der Waals surface area contributed by atoms with Gasteiger partial charge >= 0.3 is 0 Å². The van der Waals surface area contributed by atoms with Crippen LogP contribution in [-0.2, 0) is 11.2 Å². The Morgan fingerprint density at radius 3 is 2.88 bits per heavy atom. The number of anilines is 1. The summed E-state index contributed by atoms with van der Waals surface area (Å²) < 4.78 is 5.54. The fourth-order valence-electron chi connectivity index (χ4n) is 2.99. The highest BCUT2D eigenvalue weighted by Gasteiger charge is 2.25. The van der Waals surface area contributed by atoms with E-state index in [1.807, 2.05) is 36.4 Å². The van der Waals surface area contributed by atoms with Crippen LogP contribution in [0.4, 0.5) is 5.69 Å². The molecule has 0 saturated heterocycles. The van der Waals surface area contributed by atoms with E-state index < -0.39 is 0 Å². The number of fused-ring (bicyclic) bond motifs is 1. The van der Waals surface area contributed by atoms with Gasteiger partial charge in [0.25, 0.3) is 5.91 Å². The Kier molecular flexibility index (Phi) is 4.54. The highest BCUT2D eigenvalue weighted by Crippen LogP contribution is 2.36. The average molecular weight is 362 g/mol. The molecule has 5 heteroatoms. The lowest BCUT2D eigenvalue weighted by molar-refractivity contribution is -0.121. The zero-order valence-electron chi connectivity index (χ0n) is 14.2. The zero-order chi connectivity index (χ0) is 17.9. The third-order valence-electron chi connectivity index (χ3n) is 4.26. The van der Waals surface area contributed by atoms with Crippen molar-refractivity contribution in [2.45, 2.75) is 6.42 Å². The van der Waals surface area contributed by atoms with Crippen LogP contribution in [0.15, 0.2) is 66.6 Å². The lowest BCUT2D eigenvalue weighted by Gasteiger charge is -2.28. The number of hydrogen-bond acceptors (Lipinski definition) is 4. The van der Waals surface area contributed by atoms with Crippen molar-refractivity contribution >= 4 is 22.9 Å². The van der Waals surface area contributed by atoms with E-state index in [0.29, 0.717) is 6.54 Å². The quantitative estimate of drug-likeness (QED) is 0.635. The number of carbonyl (C=O) groups is 1. The summed E-state index contributed by atoms with van der Waals surface area (Å²) in [6, 6.07) is 16.2. The van der Waals surface area contributed by atoms with Crippen LogP contribution in [0.1, 0.15) is 10.6 Å². The topological polar surface area (TPSA) is 42.4 Å². The molecule has 1 aliphatic heterocycles. The van der Waals surface area contributed by atoms with Gasteiger partial charge in [-0.2, -0.15) is 0 Å². The third kappa shape index (κ3) is 3.26. The highest BCUT2D eigenvalue weighted by molar-refractivity contribution is 7.10. The van der Waals surface area contributed by atoms with E-state index in [9.17, 15) is 4.79 Å². The van der Waals surface area contributed by atoms with Crippen molar-refractivity contribution in [2.24, 2.45) is 0 Å². The first kappa shape index (κ1) is 16.5. The van der Waals surface area contributed by atoms with Crippen molar-refractivity contribution in [2.75, 3.05) is 18.1 Å². The largest absolute Gasteiger partial charge is 0.482 e. The lowest BCUT2D eigenvalue weighted by atomic mass is 10.1. The van der Waals surface area contributed by atoms with Gasteiger partial charge in [-0.15, -0.1) is 17.9 Å². The Bertz CT molecular complexity index is 950. The molecule has 0 spiro atoms. The molecule has 0 N–H and O–H groups in total. The molecular weight excluding hydrogens is 344 g/mol. The molecule has 0 aliphatic carbocycles. The SMILES string of the molecule is C=CCN1C(=O)COc2ccc(-c3csc(Cc4ccccc4)n3)cc21. The number of aromatic nitrogens is 1. The smallest absolute Gasteiger partial charge is 0.265 e. The number of hydrogen-bond donors (Lipinski definition) is 0. The minimum atomic E-state index is -0.0578. The molecular formula is C21H18N2O2S. The van der Waals surface area contributed by atoms with Crippen LogP contribution in [0.5, 0.6) is 5.75 Å². The number of ether oxygens (including phenoxy) is 1. The maximum absolute atomic E-state index is 12.1. The summed E-state index contributed by atoms with van der Waals surface area (Å²) in [5.41, 5.74) is 3.92. The van der Waals surface area contributed by atoms with Gasteiger partial charge < -0.3 is 9.64 Å². The Morgan fingerprint density at radius 2 is 2.08 bits per heavy atom. The molecule has 26 heavy (non-hydrogen) atoms. The molecule has 4 nitrogen and oxygen atoms in total. The highest BCUT2D eigenvalue weighted by atomic mass is 32.1. The maximum Gasteiger partial charge on any atom is 0.265 e. The van der Waals surface area contributed by atoms with Crippen LogP contribution < -0.4 is 9.64 Å². The normalized spacial score (nSPS) is 13.2. The summed E-state index contributed by atoms with van der Waals surface area (Å²) in [6.07, 6.45) is 2.54. The Morgan fingerprint density at radius 1 is 1.23 bits per heavy atom. The summed E-state index contributed by atoms with van der Waals surface area (Å²) in [6.45, 7) is 4.28. The predicted molar refractivity (Wildman–Crippen MR) is 105 cm³/mol. The molecule has 130 valence electrons. The van der Waals surface area contributed by atoms with Gasteiger partial charge in [-0.05, 0) is 23.8 Å². The molecule has 2 aromatic carbocycles. The lowest BCUT2D eigenvalue weighted by Crippen LogP contribution is -2.38. The van der Waals surface area contributed by atoms with E-state index in [0.717, 1.165) is 34.1 Å². The van der Waals surface area contributed by atoms with Gasteiger partial charge in [0.05, 0.1) is 16.4 Å². The monoisotopic (exact) mass is 362 g/mol. The Labute approximate surface area is 156 Å². The van der Waals surface area contributed by atoms with Crippen LogP contribution in [0.2, 0.25) is 0 Å². The molecule has 0 radical (unpaired) electrons. The average Bonchev–Trinajstić information content (AvgIpc) is 3.13. The first-order valence-corrected chi connectivity index (χ1v) is 9.29. The molecule has 0 saturated carbocycles. The van der Waals surface area contributed by atoms with Crippen molar-refractivity contribution in [3.05, 3.63) is 77.1 Å². The van der Waals surface area contributed by atoms with Crippen LogP contribution in [0.3, 0.4) is 0 Å². The standard InChI is InChI=1S/C21H18N2O2S/c1-2-10-23-18-12-16(8-9-19(18)25-13-21(23)24)17-14-26-20(22-17)11-15-6-4-3-5-7-15/h2-9,12,14H,1,10-11,13H2. The second kappa shape index (κ2) is 7.14. The maximum atomic E-state index is 12.1. The molecule has 1 aromatic heterocycles. The Hall–Kier alpha value is -2.92. The Balaban J connectivity index is 1.63. The molecule has 0 unspecified atom stereocenters. The second-order valence-electron chi connectivity index (χ2n) is 6.05. The molecule has 2 heterocycles. The summed E-state index contributed by atoms with van der Waals surface area (Å²) >= 11 is 1.65. The van der Waals surface area contributed by atoms with E-state index >= 15 is 0 Å². The molecule has 3 aromatic rings. The first-order valence-electron chi connectivity index (χ1n) is 8.41. The number of amides is 1. The van der Waals surface area contributed by atoms with Crippen LogP contribution in [0.25, 0.3) is 11.3 Å². The van der Waals surface area contributed by atoms with Crippen molar-refractivity contribution in [3.63, 3.8) is 0 Å². The van der Waals surface area contributed by atoms with Gasteiger partial charge in [-0.25, -0.2) is 4.98 Å². The molecule has 0 fully saturated rings. The van der Waals surface area contributed by atoms with Gasteiger partial charge in [-0.3, -0.25) is 4.79 Å². The molecule has 1 amide bonds. The van der Waals surface area contributed by atoms with Gasteiger partial charge in [0.1, 0.15) is 5.75 Å². The minimum Gasteiger partial charge on any atom is -0.482 e. The van der Waals surface area contributed by atoms with E-state index in [1.54, 1.807) is 22.3 Å².